The highest BCUT2D eigenvalue weighted by molar-refractivity contribution is 7.98. The summed E-state index contributed by atoms with van der Waals surface area (Å²) in [6.07, 6.45) is 1.80. The number of aromatic nitrogens is 4. The fraction of sp³-hybridized carbons (Fsp3) is 0.357. The Kier molecular flexibility index (Phi) is 7.21. The summed E-state index contributed by atoms with van der Waals surface area (Å²) in [7, 11) is 0. The Hall–Kier alpha value is -1.84. The van der Waals surface area contributed by atoms with Crippen molar-refractivity contribution in [3.05, 3.63) is 44.1 Å². The molecule has 2 heterocycles. The molecule has 0 spiro atoms. The highest BCUT2D eigenvalue weighted by Gasteiger charge is 2.22. The van der Waals surface area contributed by atoms with Gasteiger partial charge in [0.2, 0.25) is 5.16 Å². The molecule has 0 aromatic carbocycles. The van der Waals surface area contributed by atoms with Crippen LogP contribution in [0.25, 0.3) is 0 Å². The van der Waals surface area contributed by atoms with Crippen molar-refractivity contribution in [2.24, 2.45) is 0 Å². The third kappa shape index (κ3) is 5.58. The van der Waals surface area contributed by atoms with Crippen molar-refractivity contribution in [3.8, 4) is 0 Å². The minimum absolute atomic E-state index is 0.0851. The molecule has 8 nitrogen and oxygen atoms in total. The van der Waals surface area contributed by atoms with Crippen LogP contribution >= 0.6 is 35.0 Å². The van der Waals surface area contributed by atoms with Crippen LogP contribution in [0, 0.1) is 0 Å². The number of nitrogens with zero attached hydrogens (tertiary/aromatic N) is 4. The number of nitrogen functional groups attached to an aromatic ring is 1. The second-order valence-electron chi connectivity index (χ2n) is 5.73. The van der Waals surface area contributed by atoms with Crippen molar-refractivity contribution in [1.29, 1.82) is 0 Å². The maximum atomic E-state index is 11.7. The van der Waals surface area contributed by atoms with E-state index in [-0.39, 0.29) is 26.8 Å². The highest BCUT2D eigenvalue weighted by Crippen LogP contribution is 2.17. The van der Waals surface area contributed by atoms with Crippen LogP contribution in [0.3, 0.4) is 0 Å². The molecule has 0 aliphatic rings. The number of aromatic carboxylic acids is 1. The summed E-state index contributed by atoms with van der Waals surface area (Å²) in [5.74, 6) is 4.39. The summed E-state index contributed by atoms with van der Waals surface area (Å²) < 4.78 is 1.04. The molecule has 0 bridgehead atoms. The molecule has 0 amide bonds. The van der Waals surface area contributed by atoms with Crippen molar-refractivity contribution in [2.45, 2.75) is 31.3 Å². The molecular formula is C14H17Cl2N5O3S. The number of pyridine rings is 1. The molecule has 2 rings (SSSR count). The molecule has 0 aliphatic carbocycles. The molecule has 2 aromatic heterocycles. The number of carbonyl (C=O) groups is 1. The third-order valence-electron chi connectivity index (χ3n) is 2.77. The highest BCUT2D eigenvalue weighted by atomic mass is 35.5. The van der Waals surface area contributed by atoms with Crippen LogP contribution < -0.4 is 11.4 Å². The van der Waals surface area contributed by atoms with Crippen molar-refractivity contribution >= 4 is 40.9 Å². The van der Waals surface area contributed by atoms with E-state index in [9.17, 15) is 9.59 Å². The molecule has 25 heavy (non-hydrogen) atoms. The Morgan fingerprint density at radius 2 is 1.88 bits per heavy atom. The van der Waals surface area contributed by atoms with Gasteiger partial charge in [-0.05, 0) is 18.4 Å². The quantitative estimate of drug-likeness (QED) is 0.443. The van der Waals surface area contributed by atoms with E-state index < -0.39 is 5.97 Å². The maximum absolute atomic E-state index is 11.7. The Bertz CT molecular complexity index is 836. The SMILES string of the molecule is CSc1nnc(C(C)(C)C)c(=O)n1N.O=C(O)c1nc(Cl)ccc1Cl. The number of carboxylic acid groups (broad SMARTS) is 1. The first-order valence-corrected chi connectivity index (χ1v) is 8.81. The summed E-state index contributed by atoms with van der Waals surface area (Å²) in [5, 5.41) is 16.9. The van der Waals surface area contributed by atoms with E-state index in [2.05, 4.69) is 15.2 Å². The fourth-order valence-electron chi connectivity index (χ4n) is 1.56. The molecule has 11 heteroatoms. The number of hydrogen-bond acceptors (Lipinski definition) is 7. The van der Waals surface area contributed by atoms with Gasteiger partial charge in [-0.1, -0.05) is 55.7 Å². The summed E-state index contributed by atoms with van der Waals surface area (Å²) in [6, 6.07) is 2.82. The lowest BCUT2D eigenvalue weighted by Gasteiger charge is -2.16. The lowest BCUT2D eigenvalue weighted by atomic mass is 9.93. The van der Waals surface area contributed by atoms with E-state index in [4.69, 9.17) is 34.2 Å². The van der Waals surface area contributed by atoms with Crippen LogP contribution in [0.4, 0.5) is 0 Å². The average molecular weight is 406 g/mol. The van der Waals surface area contributed by atoms with Crippen LogP contribution in [-0.4, -0.2) is 37.2 Å². The van der Waals surface area contributed by atoms with Crippen LogP contribution in [0.5, 0.6) is 0 Å². The topological polar surface area (TPSA) is 124 Å². The molecule has 0 unspecified atom stereocenters. The Morgan fingerprint density at radius 3 is 2.32 bits per heavy atom. The zero-order valence-electron chi connectivity index (χ0n) is 13.9. The van der Waals surface area contributed by atoms with Crippen LogP contribution in [0.1, 0.15) is 37.0 Å². The Balaban J connectivity index is 0.000000257. The molecular weight excluding hydrogens is 389 g/mol. The molecule has 0 saturated heterocycles. The number of hydrogen-bond donors (Lipinski definition) is 2. The molecule has 0 radical (unpaired) electrons. The van der Waals surface area contributed by atoms with E-state index in [1.54, 1.807) is 6.26 Å². The molecule has 0 fully saturated rings. The standard InChI is InChI=1S/C8H14N4OS.C6H3Cl2NO2/c1-8(2,3)5-6(13)12(9)7(14-4)11-10-5;7-3-1-2-4(8)9-5(3)6(10)11/h9H2,1-4H3;1-2H,(H,10,11). The summed E-state index contributed by atoms with van der Waals surface area (Å²) >= 11 is 12.2. The summed E-state index contributed by atoms with van der Waals surface area (Å²) in [6.45, 7) is 5.70. The Morgan fingerprint density at radius 1 is 1.28 bits per heavy atom. The largest absolute Gasteiger partial charge is 0.476 e. The zero-order valence-corrected chi connectivity index (χ0v) is 16.3. The van der Waals surface area contributed by atoms with Gasteiger partial charge in [-0.25, -0.2) is 9.78 Å². The molecule has 0 saturated carbocycles. The average Bonchev–Trinajstić information content (AvgIpc) is 2.51. The van der Waals surface area contributed by atoms with E-state index in [0.717, 1.165) is 4.68 Å². The Labute approximate surface area is 158 Å². The molecule has 2 aromatic rings. The number of nitrogens with two attached hydrogens (primary N) is 1. The van der Waals surface area contributed by atoms with Gasteiger partial charge in [0.05, 0.1) is 5.02 Å². The van der Waals surface area contributed by atoms with E-state index in [0.29, 0.717) is 10.9 Å². The molecule has 136 valence electrons. The number of carboxylic acids is 1. The first kappa shape index (κ1) is 21.2. The van der Waals surface area contributed by atoms with Gasteiger partial charge in [0.1, 0.15) is 10.8 Å². The van der Waals surface area contributed by atoms with Crippen LogP contribution in [0.2, 0.25) is 10.2 Å². The van der Waals surface area contributed by atoms with E-state index in [1.165, 1.54) is 23.9 Å². The van der Waals surface area contributed by atoms with Gasteiger partial charge in [0.25, 0.3) is 5.56 Å². The van der Waals surface area contributed by atoms with Gasteiger partial charge in [-0.3, -0.25) is 4.79 Å². The second-order valence-corrected chi connectivity index (χ2v) is 7.30. The first-order valence-electron chi connectivity index (χ1n) is 6.83. The van der Waals surface area contributed by atoms with Gasteiger partial charge in [0, 0.05) is 5.41 Å². The van der Waals surface area contributed by atoms with Crippen molar-refractivity contribution in [1.82, 2.24) is 19.9 Å². The smallest absolute Gasteiger partial charge is 0.356 e. The first-order chi connectivity index (χ1) is 11.5. The number of rotatable bonds is 2. The van der Waals surface area contributed by atoms with Crippen molar-refractivity contribution < 1.29 is 9.90 Å². The lowest BCUT2D eigenvalue weighted by Crippen LogP contribution is -2.37. The number of thioether (sulfide) groups is 1. The molecule has 0 aliphatic heterocycles. The minimum Gasteiger partial charge on any atom is -0.476 e. The summed E-state index contributed by atoms with van der Waals surface area (Å²) in [4.78, 5) is 25.6. The molecule has 0 atom stereocenters. The van der Waals surface area contributed by atoms with E-state index >= 15 is 0 Å². The van der Waals surface area contributed by atoms with Crippen molar-refractivity contribution in [3.63, 3.8) is 0 Å². The maximum Gasteiger partial charge on any atom is 0.356 e. The lowest BCUT2D eigenvalue weighted by molar-refractivity contribution is 0.0690. The predicted molar refractivity (Wildman–Crippen MR) is 98.1 cm³/mol. The molecule has 3 N–H and O–H groups in total. The predicted octanol–water partition coefficient (Wildman–Crippen LogP) is 2.46. The second kappa shape index (κ2) is 8.50. The van der Waals surface area contributed by atoms with Crippen LogP contribution in [0.15, 0.2) is 22.1 Å². The van der Waals surface area contributed by atoms with Gasteiger partial charge < -0.3 is 10.9 Å². The number of halogens is 2. The zero-order chi connectivity index (χ0) is 19.4. The van der Waals surface area contributed by atoms with Gasteiger partial charge in [0.15, 0.2) is 5.69 Å². The summed E-state index contributed by atoms with van der Waals surface area (Å²) in [5.41, 5.74) is -0.448. The van der Waals surface area contributed by atoms with Gasteiger partial charge in [-0.2, -0.15) is 4.68 Å². The van der Waals surface area contributed by atoms with E-state index in [1.807, 2.05) is 20.8 Å². The third-order valence-corrected chi connectivity index (χ3v) is 3.93. The van der Waals surface area contributed by atoms with Crippen molar-refractivity contribution in [2.75, 3.05) is 12.1 Å². The van der Waals surface area contributed by atoms with Gasteiger partial charge >= 0.3 is 5.97 Å². The minimum atomic E-state index is -1.18. The fourth-order valence-corrected chi connectivity index (χ4v) is 2.30. The van der Waals surface area contributed by atoms with Gasteiger partial charge in [-0.15, -0.1) is 10.2 Å². The monoisotopic (exact) mass is 405 g/mol. The van der Waals surface area contributed by atoms with Crippen LogP contribution in [-0.2, 0) is 5.41 Å². The normalized spacial score (nSPS) is 10.8.